The number of morpholine rings is 1. The molecule has 0 saturated carbocycles. The van der Waals surface area contributed by atoms with Gasteiger partial charge in [-0.1, -0.05) is 22.0 Å². The summed E-state index contributed by atoms with van der Waals surface area (Å²) in [5.41, 5.74) is 8.96. The number of benzene rings is 2. The fourth-order valence-electron chi connectivity index (χ4n) is 3.17. The number of fused-ring (bicyclic) bond motifs is 3. The van der Waals surface area contributed by atoms with Gasteiger partial charge in [0.25, 0.3) is 5.91 Å². The number of anilines is 1. The van der Waals surface area contributed by atoms with Crippen LogP contribution in [-0.4, -0.2) is 37.2 Å². The molecule has 1 aromatic heterocycles. The molecular weight excluding hydrogens is 358 g/mol. The minimum Gasteiger partial charge on any atom is -0.378 e. The maximum Gasteiger partial charge on any atom is 0.250 e. The summed E-state index contributed by atoms with van der Waals surface area (Å²) >= 11 is 3.46. The van der Waals surface area contributed by atoms with Crippen LogP contribution in [0.25, 0.3) is 21.8 Å². The maximum atomic E-state index is 11.7. The first-order valence-corrected chi connectivity index (χ1v) is 8.30. The van der Waals surface area contributed by atoms with Gasteiger partial charge in [0.15, 0.2) is 0 Å². The van der Waals surface area contributed by atoms with Crippen molar-refractivity contribution in [3.05, 3.63) is 40.4 Å². The fraction of sp³-hybridized carbons (Fsp3) is 0.235. The van der Waals surface area contributed by atoms with Crippen molar-refractivity contribution < 1.29 is 9.53 Å². The molecule has 3 aromatic rings. The number of primary amides is 1. The van der Waals surface area contributed by atoms with E-state index < -0.39 is 5.91 Å². The minimum atomic E-state index is -0.434. The van der Waals surface area contributed by atoms with Crippen LogP contribution in [0.1, 0.15) is 10.4 Å². The van der Waals surface area contributed by atoms with Crippen molar-refractivity contribution >= 4 is 49.3 Å². The number of aromatic amines is 1. The van der Waals surface area contributed by atoms with Crippen molar-refractivity contribution in [1.82, 2.24) is 4.98 Å². The number of aromatic nitrogens is 1. The summed E-state index contributed by atoms with van der Waals surface area (Å²) in [4.78, 5) is 17.4. The van der Waals surface area contributed by atoms with E-state index in [0.717, 1.165) is 58.3 Å². The average molecular weight is 374 g/mol. The minimum absolute atomic E-state index is 0.434. The Bertz CT molecular complexity index is 913. The predicted molar refractivity (Wildman–Crippen MR) is 95.1 cm³/mol. The predicted octanol–water partition coefficient (Wildman–Crippen LogP) is 3.02. The number of hydrogen-bond acceptors (Lipinski definition) is 3. The topological polar surface area (TPSA) is 71.4 Å². The second-order valence-electron chi connectivity index (χ2n) is 5.69. The Morgan fingerprint density at radius 1 is 1.17 bits per heavy atom. The summed E-state index contributed by atoms with van der Waals surface area (Å²) in [6.07, 6.45) is 0. The molecule has 1 saturated heterocycles. The first kappa shape index (κ1) is 14.5. The number of ether oxygens (including phenoxy) is 1. The molecule has 0 bridgehead atoms. The number of amides is 1. The smallest absolute Gasteiger partial charge is 0.250 e. The van der Waals surface area contributed by atoms with Gasteiger partial charge in [0.05, 0.1) is 24.3 Å². The maximum absolute atomic E-state index is 11.7. The van der Waals surface area contributed by atoms with Crippen LogP contribution >= 0.6 is 15.9 Å². The molecule has 0 aliphatic carbocycles. The van der Waals surface area contributed by atoms with E-state index in [9.17, 15) is 4.79 Å². The number of carbonyl (C=O) groups excluding carboxylic acids is 1. The lowest BCUT2D eigenvalue weighted by Crippen LogP contribution is -2.36. The highest BCUT2D eigenvalue weighted by molar-refractivity contribution is 9.10. The van der Waals surface area contributed by atoms with Crippen molar-refractivity contribution in [3.63, 3.8) is 0 Å². The van der Waals surface area contributed by atoms with Gasteiger partial charge in [-0.3, -0.25) is 4.79 Å². The molecule has 1 aliphatic heterocycles. The zero-order valence-corrected chi connectivity index (χ0v) is 14.0. The van der Waals surface area contributed by atoms with E-state index in [0.29, 0.717) is 5.56 Å². The molecule has 3 N–H and O–H groups in total. The quantitative estimate of drug-likeness (QED) is 0.725. The number of hydrogen-bond donors (Lipinski definition) is 2. The van der Waals surface area contributed by atoms with Crippen LogP contribution in [0, 0.1) is 0 Å². The highest BCUT2D eigenvalue weighted by Crippen LogP contribution is 2.33. The first-order valence-electron chi connectivity index (χ1n) is 7.51. The molecule has 1 fully saturated rings. The van der Waals surface area contributed by atoms with Crippen LogP contribution in [0.5, 0.6) is 0 Å². The van der Waals surface area contributed by atoms with E-state index in [1.165, 1.54) is 0 Å². The van der Waals surface area contributed by atoms with Gasteiger partial charge in [0, 0.05) is 39.5 Å². The summed E-state index contributed by atoms with van der Waals surface area (Å²) in [6, 6.07) is 10.1. The van der Waals surface area contributed by atoms with Gasteiger partial charge in [-0.15, -0.1) is 0 Å². The normalized spacial score (nSPS) is 15.4. The standard InChI is InChI=1S/C17H16BrN3O2/c18-10-7-13-12-2-1-11(21-3-5-23-6-4-21)9-15(12)20-16(13)14(8-10)17(19)22/h1-2,7-9,20H,3-6H2,(H2,19,22). The van der Waals surface area contributed by atoms with Crippen LogP contribution < -0.4 is 10.6 Å². The largest absolute Gasteiger partial charge is 0.378 e. The molecule has 4 rings (SSSR count). The molecule has 2 heterocycles. The number of nitrogens with one attached hydrogen (secondary N) is 1. The molecular formula is C17H16BrN3O2. The van der Waals surface area contributed by atoms with Gasteiger partial charge >= 0.3 is 0 Å². The van der Waals surface area contributed by atoms with Gasteiger partial charge in [-0.25, -0.2) is 0 Å². The Morgan fingerprint density at radius 3 is 2.70 bits per heavy atom. The second kappa shape index (κ2) is 5.54. The van der Waals surface area contributed by atoms with Crippen molar-refractivity contribution in [1.29, 1.82) is 0 Å². The molecule has 6 heteroatoms. The molecule has 118 valence electrons. The number of rotatable bonds is 2. The van der Waals surface area contributed by atoms with Crippen LogP contribution in [0.3, 0.4) is 0 Å². The van der Waals surface area contributed by atoms with Crippen molar-refractivity contribution in [2.75, 3.05) is 31.2 Å². The zero-order chi connectivity index (χ0) is 16.0. The van der Waals surface area contributed by atoms with Gasteiger partial charge in [0.2, 0.25) is 0 Å². The fourth-order valence-corrected chi connectivity index (χ4v) is 3.63. The lowest BCUT2D eigenvalue weighted by molar-refractivity contribution is 0.100. The van der Waals surface area contributed by atoms with Crippen LogP contribution in [-0.2, 0) is 4.74 Å². The zero-order valence-electron chi connectivity index (χ0n) is 12.4. The van der Waals surface area contributed by atoms with Gasteiger partial charge < -0.3 is 20.4 Å². The second-order valence-corrected chi connectivity index (χ2v) is 6.61. The van der Waals surface area contributed by atoms with Gasteiger partial charge in [-0.2, -0.15) is 0 Å². The third kappa shape index (κ3) is 2.48. The van der Waals surface area contributed by atoms with E-state index in [-0.39, 0.29) is 0 Å². The Kier molecular flexibility index (Phi) is 3.50. The molecule has 1 aliphatic rings. The third-order valence-corrected chi connectivity index (χ3v) is 4.76. The number of H-pyrrole nitrogens is 1. The first-order chi connectivity index (χ1) is 11.1. The third-order valence-electron chi connectivity index (χ3n) is 4.30. The molecule has 0 radical (unpaired) electrons. The van der Waals surface area contributed by atoms with E-state index in [4.69, 9.17) is 10.5 Å². The van der Waals surface area contributed by atoms with Crippen molar-refractivity contribution in [2.45, 2.75) is 0 Å². The summed E-state index contributed by atoms with van der Waals surface area (Å²) in [7, 11) is 0. The molecule has 0 atom stereocenters. The average Bonchev–Trinajstić information content (AvgIpc) is 2.92. The van der Waals surface area contributed by atoms with Crippen LogP contribution in [0.15, 0.2) is 34.8 Å². The van der Waals surface area contributed by atoms with E-state index in [1.54, 1.807) is 6.07 Å². The Hall–Kier alpha value is -2.05. The number of halogens is 1. The summed E-state index contributed by atoms with van der Waals surface area (Å²) in [5.74, 6) is -0.434. The highest BCUT2D eigenvalue weighted by atomic mass is 79.9. The molecule has 23 heavy (non-hydrogen) atoms. The Balaban J connectivity index is 1.90. The summed E-state index contributed by atoms with van der Waals surface area (Å²) in [5, 5.41) is 2.08. The lowest BCUT2D eigenvalue weighted by atomic mass is 10.1. The van der Waals surface area contributed by atoms with Gasteiger partial charge in [-0.05, 0) is 24.3 Å². The molecule has 0 spiro atoms. The van der Waals surface area contributed by atoms with Gasteiger partial charge in [0.1, 0.15) is 0 Å². The molecule has 2 aromatic carbocycles. The SMILES string of the molecule is NC(=O)c1cc(Br)cc2c1[nH]c1cc(N3CCOCC3)ccc12. The van der Waals surface area contributed by atoms with Crippen LogP contribution in [0.4, 0.5) is 5.69 Å². The summed E-state index contributed by atoms with van der Waals surface area (Å²) in [6.45, 7) is 3.29. The van der Waals surface area contributed by atoms with E-state index in [1.807, 2.05) is 6.07 Å². The summed E-state index contributed by atoms with van der Waals surface area (Å²) < 4.78 is 6.25. The van der Waals surface area contributed by atoms with Crippen molar-refractivity contribution in [3.8, 4) is 0 Å². The van der Waals surface area contributed by atoms with Crippen LogP contribution in [0.2, 0.25) is 0 Å². The van der Waals surface area contributed by atoms with E-state index >= 15 is 0 Å². The monoisotopic (exact) mass is 373 g/mol. The lowest BCUT2D eigenvalue weighted by Gasteiger charge is -2.28. The number of nitrogens with zero attached hydrogens (tertiary/aromatic N) is 1. The molecule has 0 unspecified atom stereocenters. The highest BCUT2D eigenvalue weighted by Gasteiger charge is 2.16. The number of carbonyl (C=O) groups is 1. The molecule has 5 nitrogen and oxygen atoms in total. The van der Waals surface area contributed by atoms with Crippen molar-refractivity contribution in [2.24, 2.45) is 5.73 Å². The van der Waals surface area contributed by atoms with E-state index in [2.05, 4.69) is 44.0 Å². The molecule has 1 amide bonds. The Morgan fingerprint density at radius 2 is 1.96 bits per heavy atom. The Labute approximate surface area is 141 Å². The number of nitrogens with two attached hydrogens (primary N) is 1.